The standard InChI is InChI=1S/C18H24BN3O6/c1-21-13(3-2-8-20-21)9-22-10-14(11-22)28-15-5-4-12(6-7-19(26)27)17(23)16(15)18(24)25/h2-5,8,14,20,23,26-27H,6-7,9-11H2,1H3,(H,24,25). The van der Waals surface area contributed by atoms with Crippen molar-refractivity contribution in [2.75, 3.05) is 26.7 Å². The Labute approximate surface area is 163 Å². The molecule has 0 aromatic heterocycles. The maximum absolute atomic E-state index is 11.6. The number of aromatic hydroxyl groups is 1. The highest BCUT2D eigenvalue weighted by atomic mass is 16.5. The summed E-state index contributed by atoms with van der Waals surface area (Å²) in [6, 6.07) is 3.06. The highest BCUT2D eigenvalue weighted by Gasteiger charge is 2.31. The largest absolute Gasteiger partial charge is 0.507 e. The fourth-order valence-electron chi connectivity index (χ4n) is 3.21. The number of likely N-dealkylation sites (N-methyl/N-ethyl adjacent to an activating group) is 1. The van der Waals surface area contributed by atoms with Crippen molar-refractivity contribution < 1.29 is 29.8 Å². The van der Waals surface area contributed by atoms with E-state index in [9.17, 15) is 15.0 Å². The molecular weight excluding hydrogens is 365 g/mol. The molecule has 0 amide bonds. The Balaban J connectivity index is 1.62. The van der Waals surface area contributed by atoms with Crippen LogP contribution in [0.1, 0.15) is 15.9 Å². The van der Waals surface area contributed by atoms with Gasteiger partial charge in [0.2, 0.25) is 0 Å². The van der Waals surface area contributed by atoms with Gasteiger partial charge in [0, 0.05) is 38.6 Å². The average Bonchev–Trinajstić information content (AvgIpc) is 2.60. The Morgan fingerprint density at radius 3 is 2.75 bits per heavy atom. The topological polar surface area (TPSA) is 126 Å². The van der Waals surface area contributed by atoms with E-state index in [4.69, 9.17) is 14.8 Å². The number of likely N-dealkylation sites (tertiary alicyclic amines) is 1. The highest BCUT2D eigenvalue weighted by Crippen LogP contribution is 2.34. The van der Waals surface area contributed by atoms with E-state index in [1.807, 2.05) is 30.4 Å². The normalized spacial score (nSPS) is 17.0. The Morgan fingerprint density at radius 2 is 2.11 bits per heavy atom. The van der Waals surface area contributed by atoms with Crippen LogP contribution in [0.4, 0.5) is 0 Å². The number of aryl methyl sites for hydroxylation is 1. The SMILES string of the molecule is CN1NC=CC=C1CN1CC(Oc2ccc(CCB(O)O)c(O)c2C(=O)O)C1. The van der Waals surface area contributed by atoms with Crippen molar-refractivity contribution in [3.05, 3.63) is 47.3 Å². The molecule has 5 N–H and O–H groups in total. The molecule has 2 heterocycles. The summed E-state index contributed by atoms with van der Waals surface area (Å²) >= 11 is 0. The lowest BCUT2D eigenvalue weighted by Crippen LogP contribution is -2.55. The fraction of sp³-hybridized carbons (Fsp3) is 0.389. The predicted molar refractivity (Wildman–Crippen MR) is 103 cm³/mol. The van der Waals surface area contributed by atoms with E-state index in [1.54, 1.807) is 6.07 Å². The van der Waals surface area contributed by atoms with Gasteiger partial charge in [-0.3, -0.25) is 9.91 Å². The van der Waals surface area contributed by atoms with E-state index in [-0.39, 0.29) is 30.2 Å². The van der Waals surface area contributed by atoms with E-state index in [2.05, 4.69) is 10.3 Å². The molecule has 2 aliphatic rings. The van der Waals surface area contributed by atoms with Crippen molar-refractivity contribution in [1.82, 2.24) is 15.3 Å². The first-order chi connectivity index (χ1) is 13.3. The van der Waals surface area contributed by atoms with Crippen LogP contribution in [-0.2, 0) is 6.42 Å². The zero-order valence-corrected chi connectivity index (χ0v) is 15.6. The highest BCUT2D eigenvalue weighted by molar-refractivity contribution is 6.41. The Kier molecular flexibility index (Phi) is 6.13. The number of benzene rings is 1. The molecule has 0 saturated carbocycles. The number of ether oxygens (including phenoxy) is 1. The molecular formula is C18H24BN3O6. The molecule has 0 bridgehead atoms. The van der Waals surface area contributed by atoms with Crippen molar-refractivity contribution in [3.8, 4) is 11.5 Å². The number of allylic oxidation sites excluding steroid dienone is 2. The van der Waals surface area contributed by atoms with Crippen molar-refractivity contribution in [1.29, 1.82) is 0 Å². The zero-order chi connectivity index (χ0) is 20.3. The van der Waals surface area contributed by atoms with Crippen LogP contribution >= 0.6 is 0 Å². The first-order valence-electron chi connectivity index (χ1n) is 9.04. The van der Waals surface area contributed by atoms with Crippen molar-refractivity contribution in [2.45, 2.75) is 18.8 Å². The minimum Gasteiger partial charge on any atom is -0.507 e. The molecule has 0 unspecified atom stereocenters. The number of carboxylic acid groups (broad SMARTS) is 1. The number of nitrogens with zero attached hydrogens (tertiary/aromatic N) is 2. The van der Waals surface area contributed by atoms with E-state index in [1.165, 1.54) is 6.07 Å². The average molecular weight is 389 g/mol. The number of hydrogen-bond acceptors (Lipinski definition) is 8. The third kappa shape index (κ3) is 4.59. The van der Waals surface area contributed by atoms with Crippen molar-refractivity contribution in [2.24, 2.45) is 0 Å². The lowest BCUT2D eigenvalue weighted by atomic mass is 9.82. The van der Waals surface area contributed by atoms with E-state index >= 15 is 0 Å². The van der Waals surface area contributed by atoms with Gasteiger partial charge in [0.15, 0.2) is 0 Å². The minimum atomic E-state index is -1.52. The first-order valence-corrected chi connectivity index (χ1v) is 9.04. The smallest absolute Gasteiger partial charge is 0.451 e. The van der Waals surface area contributed by atoms with Crippen LogP contribution in [0.3, 0.4) is 0 Å². The van der Waals surface area contributed by atoms with Gasteiger partial charge in [-0.2, -0.15) is 0 Å². The number of rotatable bonds is 8. The van der Waals surface area contributed by atoms with Gasteiger partial charge >= 0.3 is 13.1 Å². The fourth-order valence-corrected chi connectivity index (χ4v) is 3.21. The third-order valence-electron chi connectivity index (χ3n) is 4.80. The maximum atomic E-state index is 11.6. The second-order valence-corrected chi connectivity index (χ2v) is 6.91. The molecule has 0 atom stereocenters. The van der Waals surface area contributed by atoms with Gasteiger partial charge in [-0.15, -0.1) is 0 Å². The summed E-state index contributed by atoms with van der Waals surface area (Å²) in [5.41, 5.74) is 4.23. The van der Waals surface area contributed by atoms with Gasteiger partial charge in [0.1, 0.15) is 23.2 Å². The van der Waals surface area contributed by atoms with Gasteiger partial charge < -0.3 is 30.4 Å². The number of hydrogen-bond donors (Lipinski definition) is 5. The molecule has 0 radical (unpaired) electrons. The summed E-state index contributed by atoms with van der Waals surface area (Å²) in [4.78, 5) is 13.8. The Hall–Kier alpha value is -2.69. The van der Waals surface area contributed by atoms with Crippen LogP contribution in [0.5, 0.6) is 11.5 Å². The Bertz CT molecular complexity index is 792. The first kappa shape index (κ1) is 20.1. The zero-order valence-electron chi connectivity index (χ0n) is 15.6. The van der Waals surface area contributed by atoms with Crippen LogP contribution in [0.2, 0.25) is 6.32 Å². The molecule has 28 heavy (non-hydrogen) atoms. The predicted octanol–water partition coefficient (Wildman–Crippen LogP) is 0.0163. The van der Waals surface area contributed by atoms with E-state index in [0.29, 0.717) is 18.7 Å². The second kappa shape index (κ2) is 8.55. The van der Waals surface area contributed by atoms with Gasteiger partial charge in [-0.05, 0) is 36.5 Å². The lowest BCUT2D eigenvalue weighted by molar-refractivity contribution is 0.0205. The lowest BCUT2D eigenvalue weighted by Gasteiger charge is -2.41. The summed E-state index contributed by atoms with van der Waals surface area (Å²) in [6.45, 7) is 2.04. The number of aromatic carboxylic acids is 1. The molecule has 0 spiro atoms. The summed E-state index contributed by atoms with van der Waals surface area (Å²) in [6.07, 6.45) is 5.78. The van der Waals surface area contributed by atoms with Crippen molar-refractivity contribution in [3.63, 3.8) is 0 Å². The number of phenols is 1. The molecule has 9 nitrogen and oxygen atoms in total. The van der Waals surface area contributed by atoms with Crippen LogP contribution in [0.25, 0.3) is 0 Å². The van der Waals surface area contributed by atoms with Gasteiger partial charge in [0.25, 0.3) is 0 Å². The maximum Gasteiger partial charge on any atom is 0.451 e. The van der Waals surface area contributed by atoms with Gasteiger partial charge in [-0.25, -0.2) is 4.79 Å². The Morgan fingerprint density at radius 1 is 1.36 bits per heavy atom. The molecule has 1 aromatic rings. The minimum absolute atomic E-state index is 0.00124. The number of hydrazine groups is 1. The summed E-state index contributed by atoms with van der Waals surface area (Å²) < 4.78 is 5.81. The second-order valence-electron chi connectivity index (χ2n) is 6.91. The van der Waals surface area contributed by atoms with E-state index < -0.39 is 18.8 Å². The summed E-state index contributed by atoms with van der Waals surface area (Å²) in [5, 5.41) is 39.6. The van der Waals surface area contributed by atoms with Gasteiger partial charge in [0.05, 0.1) is 0 Å². The molecule has 0 aliphatic carbocycles. The number of carboxylic acids is 1. The summed E-state index contributed by atoms with van der Waals surface area (Å²) in [7, 11) is 0.413. The molecule has 1 saturated heterocycles. The number of carbonyl (C=O) groups is 1. The van der Waals surface area contributed by atoms with Crippen LogP contribution < -0.4 is 10.2 Å². The molecule has 1 aromatic carbocycles. The van der Waals surface area contributed by atoms with Crippen LogP contribution in [0, 0.1) is 0 Å². The molecule has 150 valence electrons. The summed E-state index contributed by atoms with van der Waals surface area (Å²) in [5.74, 6) is -1.57. The third-order valence-corrected chi connectivity index (χ3v) is 4.80. The van der Waals surface area contributed by atoms with Crippen LogP contribution in [-0.4, -0.2) is 76.0 Å². The van der Waals surface area contributed by atoms with E-state index in [0.717, 1.165) is 12.2 Å². The molecule has 3 rings (SSSR count). The molecule has 10 heteroatoms. The van der Waals surface area contributed by atoms with Crippen LogP contribution in [0.15, 0.2) is 36.2 Å². The van der Waals surface area contributed by atoms with Crippen molar-refractivity contribution >= 4 is 13.1 Å². The monoisotopic (exact) mass is 389 g/mol. The number of nitrogens with one attached hydrogen (secondary N) is 1. The molecule has 1 fully saturated rings. The molecule has 2 aliphatic heterocycles. The quantitative estimate of drug-likeness (QED) is 0.391. The van der Waals surface area contributed by atoms with Gasteiger partial charge in [-0.1, -0.05) is 6.07 Å².